The zero-order valence-electron chi connectivity index (χ0n) is 24.0. The maximum atomic E-state index is 6.56. The molecule has 0 saturated carbocycles. The minimum atomic E-state index is 0.310. The number of ether oxygens (including phenoxy) is 1. The number of pyridine rings is 2. The van der Waals surface area contributed by atoms with Gasteiger partial charge < -0.3 is 4.74 Å². The predicted octanol–water partition coefficient (Wildman–Crippen LogP) is 8.10. The van der Waals surface area contributed by atoms with Crippen LogP contribution >= 0.6 is 0 Å². The van der Waals surface area contributed by atoms with E-state index in [-0.39, 0.29) is 0 Å². The molecule has 0 radical (unpaired) electrons. The molecule has 0 aliphatic heterocycles. The van der Waals surface area contributed by atoms with E-state index in [1.807, 2.05) is 25.3 Å². The molecule has 7 aromatic rings. The minimum Gasteiger partial charge on any atom is -0.457 e. The fraction of sp³-hybridized carbons (Fsp3) is 0.171. The van der Waals surface area contributed by atoms with E-state index in [0.717, 1.165) is 56.5 Å². The van der Waals surface area contributed by atoms with E-state index in [2.05, 4.69) is 121 Å². The van der Waals surface area contributed by atoms with Crippen LogP contribution in [0.25, 0.3) is 44.5 Å². The van der Waals surface area contributed by atoms with E-state index in [4.69, 9.17) is 14.7 Å². The van der Waals surface area contributed by atoms with Gasteiger partial charge in [0, 0.05) is 34.8 Å². The fourth-order valence-corrected chi connectivity index (χ4v) is 5.72. The molecule has 0 atom stereocenters. The van der Waals surface area contributed by atoms with E-state index in [0.29, 0.717) is 6.04 Å². The number of aryl methyl sites for hydroxylation is 3. The third kappa shape index (κ3) is 4.32. The van der Waals surface area contributed by atoms with Crippen LogP contribution in [0.1, 0.15) is 36.7 Å². The van der Waals surface area contributed by atoms with Crippen LogP contribution in [0.2, 0.25) is 0 Å². The van der Waals surface area contributed by atoms with Gasteiger partial charge in [-0.25, -0.2) is 14.5 Å². The van der Waals surface area contributed by atoms with Gasteiger partial charge in [-0.3, -0.25) is 4.57 Å². The zero-order valence-corrected chi connectivity index (χ0v) is 24.0. The molecule has 6 nitrogen and oxygen atoms in total. The van der Waals surface area contributed by atoms with Gasteiger partial charge in [-0.1, -0.05) is 18.2 Å². The van der Waals surface area contributed by atoms with Crippen molar-refractivity contribution in [3.05, 3.63) is 114 Å². The number of fused-ring (bicyclic) bond motifs is 4. The highest BCUT2D eigenvalue weighted by Crippen LogP contribution is 2.35. The molecule has 0 aliphatic carbocycles. The third-order valence-electron chi connectivity index (χ3n) is 7.62. The standard InChI is InChI=1S/C35H32N5O/c1-22(2)38-21-39(35-32(38)13-10-25(5)37-35)26-16-24(4)17-28(19-26)41-27-11-12-30-29-8-6-7-9-31(29)40(33(30)20-27)34-18-23(3)14-15-36-34/h6-22H,1-5H3/q+1. The van der Waals surface area contributed by atoms with Crippen molar-refractivity contribution in [2.45, 2.75) is 40.7 Å². The normalized spacial score (nSPS) is 11.8. The van der Waals surface area contributed by atoms with Gasteiger partial charge in [0.25, 0.3) is 12.0 Å². The summed E-state index contributed by atoms with van der Waals surface area (Å²) in [6.07, 6.45) is 4.00. The molecule has 202 valence electrons. The highest BCUT2D eigenvalue weighted by molar-refractivity contribution is 6.09. The summed E-state index contributed by atoms with van der Waals surface area (Å²) < 4.78 is 13.2. The van der Waals surface area contributed by atoms with Gasteiger partial charge in [0.05, 0.1) is 17.1 Å². The highest BCUT2D eigenvalue weighted by Gasteiger charge is 2.22. The maximum Gasteiger partial charge on any atom is 0.273 e. The molecule has 0 bridgehead atoms. The number of aromatic nitrogens is 5. The molecule has 4 aromatic heterocycles. The van der Waals surface area contributed by atoms with Gasteiger partial charge in [0.1, 0.15) is 23.0 Å². The Labute approximate surface area is 239 Å². The highest BCUT2D eigenvalue weighted by atomic mass is 16.5. The molecule has 7 rings (SSSR count). The predicted molar refractivity (Wildman–Crippen MR) is 165 cm³/mol. The number of imidazole rings is 1. The molecule has 0 saturated heterocycles. The smallest absolute Gasteiger partial charge is 0.273 e. The van der Waals surface area contributed by atoms with Gasteiger partial charge in [0.2, 0.25) is 0 Å². The number of rotatable bonds is 5. The van der Waals surface area contributed by atoms with Gasteiger partial charge in [0.15, 0.2) is 5.52 Å². The van der Waals surface area contributed by atoms with Gasteiger partial charge in [-0.15, -0.1) is 0 Å². The minimum absolute atomic E-state index is 0.310. The zero-order chi connectivity index (χ0) is 28.2. The molecule has 0 aliphatic rings. The molecule has 41 heavy (non-hydrogen) atoms. The fourth-order valence-electron chi connectivity index (χ4n) is 5.72. The summed E-state index contributed by atoms with van der Waals surface area (Å²) in [5.74, 6) is 2.45. The molecule has 0 fully saturated rings. The molecular formula is C35H32N5O+. The second-order valence-electron chi connectivity index (χ2n) is 11.1. The molecule has 0 amide bonds. The van der Waals surface area contributed by atoms with Gasteiger partial charge in [-0.2, -0.15) is 4.57 Å². The first-order chi connectivity index (χ1) is 19.9. The van der Waals surface area contributed by atoms with Crippen molar-refractivity contribution >= 4 is 33.0 Å². The van der Waals surface area contributed by atoms with E-state index >= 15 is 0 Å². The topological polar surface area (TPSA) is 48.8 Å². The Bertz CT molecular complexity index is 2100. The van der Waals surface area contributed by atoms with Crippen LogP contribution in [0, 0.1) is 20.8 Å². The Morgan fingerprint density at radius 3 is 2.41 bits per heavy atom. The largest absolute Gasteiger partial charge is 0.457 e. The summed E-state index contributed by atoms with van der Waals surface area (Å²) in [7, 11) is 0. The van der Waals surface area contributed by atoms with Crippen LogP contribution in [0.15, 0.2) is 97.5 Å². The summed E-state index contributed by atoms with van der Waals surface area (Å²) in [4.78, 5) is 9.60. The Kier molecular flexibility index (Phi) is 5.86. The summed E-state index contributed by atoms with van der Waals surface area (Å²) in [5, 5.41) is 2.36. The van der Waals surface area contributed by atoms with Crippen LogP contribution < -0.4 is 9.30 Å². The molecule has 3 aromatic carbocycles. The number of hydrogen-bond donors (Lipinski definition) is 0. The van der Waals surface area contributed by atoms with Crippen LogP contribution in [0.3, 0.4) is 0 Å². The van der Waals surface area contributed by atoms with Crippen molar-refractivity contribution in [1.29, 1.82) is 0 Å². The number of nitrogens with zero attached hydrogens (tertiary/aromatic N) is 5. The Balaban J connectivity index is 1.35. The first-order valence-electron chi connectivity index (χ1n) is 14.0. The Hall–Kier alpha value is -4.97. The quantitative estimate of drug-likeness (QED) is 0.208. The summed E-state index contributed by atoms with van der Waals surface area (Å²) in [6, 6.07) is 29.8. The Morgan fingerprint density at radius 2 is 1.59 bits per heavy atom. The van der Waals surface area contributed by atoms with Crippen molar-refractivity contribution in [2.24, 2.45) is 0 Å². The van der Waals surface area contributed by atoms with Crippen LogP contribution in [0.4, 0.5) is 0 Å². The number of hydrogen-bond acceptors (Lipinski definition) is 3. The lowest BCUT2D eigenvalue weighted by molar-refractivity contribution is -0.691. The molecule has 4 heterocycles. The molecule has 0 spiro atoms. The summed E-state index contributed by atoms with van der Waals surface area (Å²) >= 11 is 0. The van der Waals surface area contributed by atoms with Crippen molar-refractivity contribution in [1.82, 2.24) is 19.1 Å². The number of benzene rings is 3. The average Bonchev–Trinajstić information content (AvgIpc) is 3.48. The number of para-hydroxylation sites is 1. The SMILES string of the molecule is Cc1cc(Oc2ccc3c4ccccc4n(-c4cc(C)ccn4)c3c2)cc(-n2c[n+](C(C)C)c3ccc(C)nc32)c1. The first kappa shape index (κ1) is 25.0. The van der Waals surface area contributed by atoms with Crippen molar-refractivity contribution in [3.63, 3.8) is 0 Å². The monoisotopic (exact) mass is 538 g/mol. The maximum absolute atomic E-state index is 6.56. The molecule has 0 unspecified atom stereocenters. The summed E-state index contributed by atoms with van der Waals surface area (Å²) in [5.41, 5.74) is 8.51. The lowest BCUT2D eigenvalue weighted by atomic mass is 10.1. The van der Waals surface area contributed by atoms with Crippen molar-refractivity contribution < 1.29 is 9.30 Å². The lowest BCUT2D eigenvalue weighted by Crippen LogP contribution is -2.34. The summed E-state index contributed by atoms with van der Waals surface area (Å²) in [6.45, 7) is 10.6. The lowest BCUT2D eigenvalue weighted by Gasteiger charge is -2.10. The van der Waals surface area contributed by atoms with E-state index in [1.54, 1.807) is 0 Å². The average molecular weight is 539 g/mol. The van der Waals surface area contributed by atoms with E-state index in [9.17, 15) is 0 Å². The molecular weight excluding hydrogens is 506 g/mol. The first-order valence-corrected chi connectivity index (χ1v) is 14.0. The van der Waals surface area contributed by atoms with Crippen LogP contribution in [0.5, 0.6) is 11.5 Å². The van der Waals surface area contributed by atoms with Crippen molar-refractivity contribution in [2.75, 3.05) is 0 Å². The second-order valence-corrected chi connectivity index (χ2v) is 11.1. The van der Waals surface area contributed by atoms with Crippen LogP contribution in [-0.4, -0.2) is 19.1 Å². The Morgan fingerprint density at radius 1 is 0.756 bits per heavy atom. The molecule has 6 heteroatoms. The van der Waals surface area contributed by atoms with E-state index in [1.165, 1.54) is 16.3 Å². The van der Waals surface area contributed by atoms with Gasteiger partial charge in [-0.05, 0) is 100 Å². The van der Waals surface area contributed by atoms with Gasteiger partial charge >= 0.3 is 0 Å². The second kappa shape index (κ2) is 9.59. The molecule has 0 N–H and O–H groups in total. The van der Waals surface area contributed by atoms with Crippen LogP contribution in [-0.2, 0) is 0 Å². The van der Waals surface area contributed by atoms with Crippen molar-refractivity contribution in [3.8, 4) is 23.0 Å². The third-order valence-corrected chi connectivity index (χ3v) is 7.62. The van der Waals surface area contributed by atoms with E-state index < -0.39 is 0 Å².